The van der Waals surface area contributed by atoms with Crippen LogP contribution in [0.4, 0.5) is 0 Å². The highest BCUT2D eigenvalue weighted by Crippen LogP contribution is 2.48. The maximum absolute atomic E-state index is 11.7. The van der Waals surface area contributed by atoms with Gasteiger partial charge in [-0.3, -0.25) is 4.79 Å². The fraction of sp³-hybridized carbons (Fsp3) is 0.500. The van der Waals surface area contributed by atoms with Crippen molar-refractivity contribution in [1.82, 2.24) is 5.09 Å². The van der Waals surface area contributed by atoms with E-state index < -0.39 is 12.5 Å². The first kappa shape index (κ1) is 17.2. The second-order valence-electron chi connectivity index (χ2n) is 4.70. The van der Waals surface area contributed by atoms with E-state index in [1.54, 1.807) is 13.8 Å². The highest BCUT2D eigenvalue weighted by Gasteiger charge is 2.29. The number of carbonyl (C=O) groups excluding carboxylic acids is 1. The molecule has 20 heavy (non-hydrogen) atoms. The third-order valence-corrected chi connectivity index (χ3v) is 7.07. The second kappa shape index (κ2) is 7.77. The fourth-order valence-corrected chi connectivity index (χ4v) is 3.88. The Balaban J connectivity index is 2.82. The van der Waals surface area contributed by atoms with E-state index in [0.29, 0.717) is 12.4 Å². The van der Waals surface area contributed by atoms with E-state index in [2.05, 4.69) is 5.09 Å². The standard InChI is InChI=1S/C14H22NO3PS/c1-5-17-14(16)12(4)15-19(20,11(2)3)18-13-9-7-6-8-10-13/h6-12H,5H2,1-4H3,(H,15,20)/t12-,19?/m0/s1. The SMILES string of the molecule is CCOC(=O)[C@H](C)NP(=S)(Oc1ccccc1)C(C)C. The Morgan fingerprint density at radius 1 is 1.30 bits per heavy atom. The normalized spacial score (nSPS) is 15.4. The van der Waals surface area contributed by atoms with Crippen LogP contribution in [0.5, 0.6) is 5.75 Å². The van der Waals surface area contributed by atoms with Gasteiger partial charge >= 0.3 is 5.97 Å². The Morgan fingerprint density at radius 2 is 1.90 bits per heavy atom. The van der Waals surface area contributed by atoms with Crippen LogP contribution < -0.4 is 9.61 Å². The van der Waals surface area contributed by atoms with Crippen LogP contribution in [0.15, 0.2) is 30.3 Å². The summed E-state index contributed by atoms with van der Waals surface area (Å²) in [5, 5.41) is 3.16. The summed E-state index contributed by atoms with van der Waals surface area (Å²) in [6.45, 7) is 7.87. The average molecular weight is 315 g/mol. The maximum Gasteiger partial charge on any atom is 0.323 e. The average Bonchev–Trinajstić information content (AvgIpc) is 2.39. The van der Waals surface area contributed by atoms with Crippen LogP contribution in [0.3, 0.4) is 0 Å². The van der Waals surface area contributed by atoms with Gasteiger partial charge in [-0.2, -0.15) is 0 Å². The smallest absolute Gasteiger partial charge is 0.323 e. The molecule has 1 aromatic rings. The Bertz CT molecular complexity index is 479. The summed E-state index contributed by atoms with van der Waals surface area (Å²) in [5.41, 5.74) is 0.106. The third kappa shape index (κ3) is 4.89. The van der Waals surface area contributed by atoms with Gasteiger partial charge < -0.3 is 9.26 Å². The summed E-state index contributed by atoms with van der Waals surface area (Å²) in [5.74, 6) is 0.409. The summed E-state index contributed by atoms with van der Waals surface area (Å²) >= 11 is 5.66. The summed E-state index contributed by atoms with van der Waals surface area (Å²) < 4.78 is 11.0. The van der Waals surface area contributed by atoms with Crippen molar-refractivity contribution in [3.05, 3.63) is 30.3 Å². The summed E-state index contributed by atoms with van der Waals surface area (Å²) in [6.07, 6.45) is -2.36. The highest BCUT2D eigenvalue weighted by molar-refractivity contribution is 8.11. The molecule has 0 radical (unpaired) electrons. The van der Waals surface area contributed by atoms with Crippen molar-refractivity contribution in [1.29, 1.82) is 0 Å². The third-order valence-electron chi connectivity index (χ3n) is 2.68. The summed E-state index contributed by atoms with van der Waals surface area (Å²) in [4.78, 5) is 11.7. The molecule has 1 rings (SSSR count). The van der Waals surface area contributed by atoms with Crippen LogP contribution in [-0.4, -0.2) is 24.3 Å². The van der Waals surface area contributed by atoms with Gasteiger partial charge in [0.05, 0.1) is 6.61 Å². The predicted octanol–water partition coefficient (Wildman–Crippen LogP) is 3.32. The zero-order chi connectivity index (χ0) is 15.2. The van der Waals surface area contributed by atoms with Gasteiger partial charge in [-0.15, -0.1) is 0 Å². The maximum atomic E-state index is 11.7. The molecule has 6 heteroatoms. The molecule has 1 aromatic carbocycles. The van der Waals surface area contributed by atoms with Crippen LogP contribution in [0.1, 0.15) is 27.7 Å². The molecule has 0 aliphatic carbocycles. The molecule has 4 nitrogen and oxygen atoms in total. The van der Waals surface area contributed by atoms with Crippen LogP contribution in [-0.2, 0) is 21.3 Å². The Kier molecular flexibility index (Phi) is 6.66. The van der Waals surface area contributed by atoms with E-state index >= 15 is 0 Å². The van der Waals surface area contributed by atoms with E-state index in [9.17, 15) is 4.79 Å². The van der Waals surface area contributed by atoms with Crippen molar-refractivity contribution in [3.8, 4) is 5.75 Å². The zero-order valence-electron chi connectivity index (χ0n) is 12.3. The lowest BCUT2D eigenvalue weighted by atomic mass is 10.3. The first-order valence-electron chi connectivity index (χ1n) is 6.68. The van der Waals surface area contributed by atoms with E-state index in [4.69, 9.17) is 21.1 Å². The molecule has 0 fully saturated rings. The molecule has 0 saturated heterocycles. The number of carbonyl (C=O) groups is 1. The largest absolute Gasteiger partial charge is 0.465 e. The summed E-state index contributed by atoms with van der Waals surface area (Å²) in [6, 6.07) is 8.95. The van der Waals surface area contributed by atoms with Crippen molar-refractivity contribution < 1.29 is 14.1 Å². The van der Waals surface area contributed by atoms with Gasteiger partial charge in [-0.25, -0.2) is 5.09 Å². The molecule has 0 aliphatic heterocycles. The molecular weight excluding hydrogens is 293 g/mol. The molecule has 1 N–H and O–H groups in total. The molecule has 0 amide bonds. The lowest BCUT2D eigenvalue weighted by Gasteiger charge is -2.30. The molecule has 112 valence electrons. The molecular formula is C14H22NO3PS. The Hall–Kier alpha value is -0.900. The van der Waals surface area contributed by atoms with Gasteiger partial charge in [0.2, 0.25) is 0 Å². The minimum absolute atomic E-state index is 0.106. The highest BCUT2D eigenvalue weighted by atomic mass is 32.4. The Labute approximate surface area is 126 Å². The molecule has 1 unspecified atom stereocenters. The summed E-state index contributed by atoms with van der Waals surface area (Å²) in [7, 11) is 0. The molecule has 0 spiro atoms. The van der Waals surface area contributed by atoms with Gasteiger partial charge in [0.15, 0.2) is 6.42 Å². The lowest BCUT2D eigenvalue weighted by Crippen LogP contribution is -2.36. The predicted molar refractivity (Wildman–Crippen MR) is 85.7 cm³/mol. The molecule has 0 heterocycles. The van der Waals surface area contributed by atoms with Crippen molar-refractivity contribution >= 4 is 24.2 Å². The van der Waals surface area contributed by atoms with Gasteiger partial charge in [0, 0.05) is 5.66 Å². The molecule has 2 atom stereocenters. The lowest BCUT2D eigenvalue weighted by molar-refractivity contribution is -0.144. The number of ether oxygens (including phenoxy) is 1. The second-order valence-corrected chi connectivity index (χ2v) is 8.99. The first-order chi connectivity index (χ1) is 9.39. The first-order valence-corrected chi connectivity index (χ1v) is 9.46. The van der Waals surface area contributed by atoms with Gasteiger partial charge in [0.1, 0.15) is 11.8 Å². The van der Waals surface area contributed by atoms with Crippen LogP contribution in [0.2, 0.25) is 0 Å². The van der Waals surface area contributed by atoms with Crippen molar-refractivity contribution in [2.45, 2.75) is 39.4 Å². The quantitative estimate of drug-likeness (QED) is 0.618. The van der Waals surface area contributed by atoms with E-state index in [0.717, 1.165) is 0 Å². The molecule has 0 saturated carbocycles. The van der Waals surface area contributed by atoms with E-state index in [1.807, 2.05) is 44.2 Å². The molecule has 0 aromatic heterocycles. The van der Waals surface area contributed by atoms with E-state index in [-0.39, 0.29) is 11.6 Å². The van der Waals surface area contributed by atoms with Gasteiger partial charge in [-0.1, -0.05) is 32.0 Å². The molecule has 0 bridgehead atoms. The van der Waals surface area contributed by atoms with Crippen LogP contribution in [0, 0.1) is 0 Å². The van der Waals surface area contributed by atoms with Crippen molar-refractivity contribution in [2.75, 3.05) is 6.61 Å². The number of para-hydroxylation sites is 1. The number of rotatable bonds is 7. The number of benzene rings is 1. The number of esters is 1. The fourth-order valence-electron chi connectivity index (χ4n) is 1.51. The topological polar surface area (TPSA) is 47.6 Å². The molecule has 0 aliphatic rings. The number of nitrogens with one attached hydrogen (secondary N) is 1. The minimum Gasteiger partial charge on any atom is -0.465 e. The van der Waals surface area contributed by atoms with Crippen LogP contribution >= 0.6 is 6.42 Å². The number of hydrogen-bond acceptors (Lipinski definition) is 4. The minimum atomic E-state index is -2.36. The van der Waals surface area contributed by atoms with Crippen molar-refractivity contribution in [3.63, 3.8) is 0 Å². The monoisotopic (exact) mass is 315 g/mol. The number of hydrogen-bond donors (Lipinski definition) is 1. The van der Waals surface area contributed by atoms with E-state index in [1.165, 1.54) is 0 Å². The van der Waals surface area contributed by atoms with Crippen LogP contribution in [0.25, 0.3) is 0 Å². The van der Waals surface area contributed by atoms with Crippen molar-refractivity contribution in [2.24, 2.45) is 0 Å². The Morgan fingerprint density at radius 3 is 2.40 bits per heavy atom. The zero-order valence-corrected chi connectivity index (χ0v) is 14.0. The van der Waals surface area contributed by atoms with Gasteiger partial charge in [-0.05, 0) is 37.8 Å². The van der Waals surface area contributed by atoms with Gasteiger partial charge in [0.25, 0.3) is 0 Å².